The average Bonchev–Trinajstić information content (AvgIpc) is 2.59. The highest BCUT2D eigenvalue weighted by Gasteiger charge is 2.14. The van der Waals surface area contributed by atoms with Crippen molar-refractivity contribution in [2.45, 2.75) is 27.7 Å². The SMILES string of the molecule is Cc1cc(C)c(-n2cc(C(=O)O)nc2C)c(C)c1. The van der Waals surface area contributed by atoms with E-state index in [1.165, 1.54) is 5.56 Å². The molecule has 1 aromatic heterocycles. The highest BCUT2D eigenvalue weighted by Crippen LogP contribution is 2.22. The fraction of sp³-hybridized carbons (Fsp3) is 0.286. The van der Waals surface area contributed by atoms with Gasteiger partial charge in [0.25, 0.3) is 0 Å². The van der Waals surface area contributed by atoms with E-state index in [1.54, 1.807) is 6.20 Å². The minimum absolute atomic E-state index is 0.0758. The normalized spacial score (nSPS) is 10.7. The first-order valence-electron chi connectivity index (χ1n) is 5.77. The van der Waals surface area contributed by atoms with E-state index >= 15 is 0 Å². The molecule has 0 saturated heterocycles. The van der Waals surface area contributed by atoms with Crippen molar-refractivity contribution in [3.8, 4) is 5.69 Å². The smallest absolute Gasteiger partial charge is 0.356 e. The molecule has 0 radical (unpaired) electrons. The van der Waals surface area contributed by atoms with Crippen LogP contribution in [0.5, 0.6) is 0 Å². The van der Waals surface area contributed by atoms with Crippen LogP contribution in [0, 0.1) is 27.7 Å². The van der Waals surface area contributed by atoms with Gasteiger partial charge in [0.05, 0.1) is 5.69 Å². The van der Waals surface area contributed by atoms with Gasteiger partial charge in [0.1, 0.15) is 5.82 Å². The number of rotatable bonds is 2. The van der Waals surface area contributed by atoms with Crippen LogP contribution in [0.3, 0.4) is 0 Å². The third-order valence-electron chi connectivity index (χ3n) is 2.98. The highest BCUT2D eigenvalue weighted by molar-refractivity contribution is 5.85. The molecule has 4 heteroatoms. The molecule has 0 saturated carbocycles. The summed E-state index contributed by atoms with van der Waals surface area (Å²) in [6.07, 6.45) is 1.57. The van der Waals surface area contributed by atoms with Gasteiger partial charge < -0.3 is 9.67 Å². The van der Waals surface area contributed by atoms with E-state index < -0.39 is 5.97 Å². The van der Waals surface area contributed by atoms with Gasteiger partial charge in [0.2, 0.25) is 0 Å². The summed E-state index contributed by atoms with van der Waals surface area (Å²) in [5.74, 6) is -0.318. The lowest BCUT2D eigenvalue weighted by atomic mass is 10.0. The van der Waals surface area contributed by atoms with Crippen LogP contribution in [0.4, 0.5) is 0 Å². The van der Waals surface area contributed by atoms with Crippen LogP contribution in [-0.4, -0.2) is 20.6 Å². The second kappa shape index (κ2) is 4.29. The van der Waals surface area contributed by atoms with Crippen LogP contribution in [0.2, 0.25) is 0 Å². The van der Waals surface area contributed by atoms with Crippen molar-refractivity contribution in [2.24, 2.45) is 0 Å². The van der Waals surface area contributed by atoms with E-state index in [-0.39, 0.29) is 5.69 Å². The Morgan fingerprint density at radius 3 is 2.17 bits per heavy atom. The summed E-state index contributed by atoms with van der Waals surface area (Å²) in [5.41, 5.74) is 4.52. The number of aromatic carboxylic acids is 1. The summed E-state index contributed by atoms with van der Waals surface area (Å²) < 4.78 is 1.84. The number of hydrogen-bond donors (Lipinski definition) is 1. The first-order chi connectivity index (χ1) is 8.40. The van der Waals surface area contributed by atoms with E-state index in [4.69, 9.17) is 5.11 Å². The minimum Gasteiger partial charge on any atom is -0.476 e. The van der Waals surface area contributed by atoms with Gasteiger partial charge in [-0.05, 0) is 38.8 Å². The lowest BCUT2D eigenvalue weighted by Crippen LogP contribution is -2.02. The molecule has 4 nitrogen and oxygen atoms in total. The number of nitrogens with zero attached hydrogens (tertiary/aromatic N) is 2. The monoisotopic (exact) mass is 244 g/mol. The first-order valence-corrected chi connectivity index (χ1v) is 5.77. The van der Waals surface area contributed by atoms with Crippen molar-refractivity contribution in [3.63, 3.8) is 0 Å². The second-order valence-electron chi connectivity index (χ2n) is 4.60. The lowest BCUT2D eigenvalue weighted by Gasteiger charge is -2.13. The summed E-state index contributed by atoms with van der Waals surface area (Å²) >= 11 is 0. The van der Waals surface area contributed by atoms with E-state index in [2.05, 4.69) is 17.1 Å². The average molecular weight is 244 g/mol. The van der Waals surface area contributed by atoms with Gasteiger partial charge in [-0.15, -0.1) is 0 Å². The number of aryl methyl sites for hydroxylation is 4. The number of imidazole rings is 1. The standard InChI is InChI=1S/C14H16N2O2/c1-8-5-9(2)13(10(3)6-8)16-7-12(14(17)18)15-11(16)4/h5-7H,1-4H3,(H,17,18). The number of carboxylic acid groups (broad SMARTS) is 1. The van der Waals surface area contributed by atoms with Crippen molar-refractivity contribution < 1.29 is 9.90 Å². The van der Waals surface area contributed by atoms with Gasteiger partial charge in [-0.3, -0.25) is 0 Å². The Morgan fingerprint density at radius 1 is 1.17 bits per heavy atom. The molecule has 0 aliphatic carbocycles. The molecule has 1 N–H and O–H groups in total. The van der Waals surface area contributed by atoms with Crippen molar-refractivity contribution in [1.29, 1.82) is 0 Å². The summed E-state index contributed by atoms with van der Waals surface area (Å²) in [5, 5.41) is 8.98. The maximum atomic E-state index is 10.9. The fourth-order valence-electron chi connectivity index (χ4n) is 2.35. The van der Waals surface area contributed by atoms with Crippen LogP contribution in [-0.2, 0) is 0 Å². The zero-order chi connectivity index (χ0) is 13.4. The Hall–Kier alpha value is -2.10. The van der Waals surface area contributed by atoms with E-state index in [1.807, 2.05) is 32.3 Å². The molecule has 0 aliphatic heterocycles. The molecular formula is C14H16N2O2. The Bertz CT molecular complexity index is 604. The zero-order valence-electron chi connectivity index (χ0n) is 11.0. The molecule has 0 unspecified atom stereocenters. The van der Waals surface area contributed by atoms with Crippen LogP contribution < -0.4 is 0 Å². The third kappa shape index (κ3) is 2.01. The van der Waals surface area contributed by atoms with Crippen molar-refractivity contribution >= 4 is 5.97 Å². The van der Waals surface area contributed by atoms with Gasteiger partial charge in [-0.25, -0.2) is 9.78 Å². The van der Waals surface area contributed by atoms with Crippen LogP contribution in [0.1, 0.15) is 33.0 Å². The Morgan fingerprint density at radius 2 is 1.72 bits per heavy atom. The molecule has 2 rings (SSSR count). The Balaban J connectivity index is 2.66. The zero-order valence-corrected chi connectivity index (χ0v) is 11.0. The van der Waals surface area contributed by atoms with Gasteiger partial charge in [-0.1, -0.05) is 17.7 Å². The highest BCUT2D eigenvalue weighted by atomic mass is 16.4. The number of hydrogen-bond acceptors (Lipinski definition) is 2. The van der Waals surface area contributed by atoms with Crippen molar-refractivity contribution in [2.75, 3.05) is 0 Å². The molecule has 1 heterocycles. The van der Waals surface area contributed by atoms with Gasteiger partial charge in [0, 0.05) is 6.20 Å². The Kier molecular flexibility index (Phi) is 2.95. The number of carbonyl (C=O) groups is 1. The fourth-order valence-corrected chi connectivity index (χ4v) is 2.35. The summed E-state index contributed by atoms with van der Waals surface area (Å²) in [4.78, 5) is 15.0. The summed E-state index contributed by atoms with van der Waals surface area (Å²) in [7, 11) is 0. The van der Waals surface area contributed by atoms with E-state index in [0.29, 0.717) is 5.82 Å². The van der Waals surface area contributed by atoms with Gasteiger partial charge >= 0.3 is 5.97 Å². The molecule has 0 fully saturated rings. The minimum atomic E-state index is -1.00. The lowest BCUT2D eigenvalue weighted by molar-refractivity contribution is 0.0691. The van der Waals surface area contributed by atoms with E-state index in [9.17, 15) is 4.79 Å². The molecule has 0 aliphatic rings. The molecule has 94 valence electrons. The van der Waals surface area contributed by atoms with Gasteiger partial charge in [-0.2, -0.15) is 0 Å². The molecule has 0 spiro atoms. The van der Waals surface area contributed by atoms with Crippen molar-refractivity contribution in [3.05, 3.63) is 46.5 Å². The molecule has 18 heavy (non-hydrogen) atoms. The predicted molar refractivity (Wildman–Crippen MR) is 69.5 cm³/mol. The van der Waals surface area contributed by atoms with Crippen molar-refractivity contribution in [1.82, 2.24) is 9.55 Å². The summed E-state index contributed by atoms with van der Waals surface area (Å²) in [6.45, 7) is 7.91. The van der Waals surface area contributed by atoms with E-state index in [0.717, 1.165) is 16.8 Å². The molecule has 0 atom stereocenters. The van der Waals surface area contributed by atoms with Crippen LogP contribution in [0.25, 0.3) is 5.69 Å². The van der Waals surface area contributed by atoms with Crippen LogP contribution in [0.15, 0.2) is 18.3 Å². The molecular weight excluding hydrogens is 228 g/mol. The number of carboxylic acids is 1. The number of benzene rings is 1. The topological polar surface area (TPSA) is 55.1 Å². The first kappa shape index (κ1) is 12.4. The van der Waals surface area contributed by atoms with Gasteiger partial charge in [0.15, 0.2) is 5.69 Å². The number of aromatic nitrogens is 2. The third-order valence-corrected chi connectivity index (χ3v) is 2.98. The molecule has 0 bridgehead atoms. The molecule has 1 aromatic carbocycles. The molecule has 2 aromatic rings. The summed E-state index contributed by atoms with van der Waals surface area (Å²) in [6, 6.07) is 4.17. The maximum Gasteiger partial charge on any atom is 0.356 e. The predicted octanol–water partition coefficient (Wildman–Crippen LogP) is 2.80. The molecule has 0 amide bonds. The second-order valence-corrected chi connectivity index (χ2v) is 4.60. The maximum absolute atomic E-state index is 10.9. The Labute approximate surface area is 106 Å². The van der Waals surface area contributed by atoms with Crippen LogP contribution >= 0.6 is 0 Å². The largest absolute Gasteiger partial charge is 0.476 e. The quantitative estimate of drug-likeness (QED) is 0.883.